The summed E-state index contributed by atoms with van der Waals surface area (Å²) in [5.74, 6) is 0.678. The topological polar surface area (TPSA) is 75.9 Å². The van der Waals surface area contributed by atoms with E-state index in [2.05, 4.69) is 0 Å². The van der Waals surface area contributed by atoms with Gasteiger partial charge in [-0.2, -0.15) is 0 Å². The lowest BCUT2D eigenvalue weighted by molar-refractivity contribution is -0.135. The van der Waals surface area contributed by atoms with Gasteiger partial charge in [0.2, 0.25) is 5.91 Å². The van der Waals surface area contributed by atoms with Crippen molar-refractivity contribution in [2.45, 2.75) is 78.0 Å². The van der Waals surface area contributed by atoms with E-state index in [4.69, 9.17) is 10.5 Å². The Kier molecular flexibility index (Phi) is 6.35. The van der Waals surface area contributed by atoms with Crippen LogP contribution in [-0.4, -0.2) is 59.1 Å². The first-order valence-electron chi connectivity index (χ1n) is 9.62. The number of carbonyl (C=O) groups excluding carboxylic acids is 2. The smallest absolute Gasteiger partial charge is 0.410 e. The minimum absolute atomic E-state index is 0.0899. The van der Waals surface area contributed by atoms with Crippen molar-refractivity contribution in [1.29, 1.82) is 0 Å². The lowest BCUT2D eigenvalue weighted by atomic mass is 9.95. The lowest BCUT2D eigenvalue weighted by Crippen LogP contribution is -2.50. The van der Waals surface area contributed by atoms with Crippen LogP contribution in [0.2, 0.25) is 0 Å². The highest BCUT2D eigenvalue weighted by atomic mass is 16.6. The van der Waals surface area contributed by atoms with E-state index >= 15 is 0 Å². The summed E-state index contributed by atoms with van der Waals surface area (Å²) in [6.07, 6.45) is 3.77. The number of likely N-dealkylation sites (tertiary alicyclic amines) is 1. The molecule has 25 heavy (non-hydrogen) atoms. The molecular weight excluding hydrogens is 318 g/mol. The van der Waals surface area contributed by atoms with E-state index in [1.165, 1.54) is 0 Å². The highest BCUT2D eigenvalue weighted by Crippen LogP contribution is 2.30. The summed E-state index contributed by atoms with van der Waals surface area (Å²) < 4.78 is 5.44. The van der Waals surface area contributed by atoms with Gasteiger partial charge in [-0.3, -0.25) is 4.79 Å². The minimum Gasteiger partial charge on any atom is -0.444 e. The summed E-state index contributed by atoms with van der Waals surface area (Å²) >= 11 is 0. The van der Waals surface area contributed by atoms with Gasteiger partial charge in [-0.1, -0.05) is 13.8 Å². The van der Waals surface area contributed by atoms with Crippen LogP contribution in [0, 0.1) is 11.8 Å². The molecule has 2 amide bonds. The molecule has 2 fully saturated rings. The fourth-order valence-corrected chi connectivity index (χ4v) is 3.18. The van der Waals surface area contributed by atoms with Crippen LogP contribution >= 0.6 is 0 Å². The summed E-state index contributed by atoms with van der Waals surface area (Å²) in [7, 11) is 0. The third kappa shape index (κ3) is 5.87. The number of carbonyl (C=O) groups is 2. The van der Waals surface area contributed by atoms with E-state index in [1.54, 1.807) is 4.90 Å². The summed E-state index contributed by atoms with van der Waals surface area (Å²) in [4.78, 5) is 28.6. The van der Waals surface area contributed by atoms with E-state index in [1.807, 2.05) is 39.5 Å². The average Bonchev–Trinajstić information content (AvgIpc) is 3.34. The van der Waals surface area contributed by atoms with Crippen molar-refractivity contribution in [3.8, 4) is 0 Å². The lowest BCUT2D eigenvalue weighted by Gasteiger charge is -2.36. The normalized spacial score (nSPS) is 20.5. The van der Waals surface area contributed by atoms with Crippen LogP contribution in [0.5, 0.6) is 0 Å². The van der Waals surface area contributed by atoms with Crippen LogP contribution in [0.3, 0.4) is 0 Å². The first-order valence-corrected chi connectivity index (χ1v) is 9.62. The number of rotatable bonds is 5. The van der Waals surface area contributed by atoms with E-state index in [0.29, 0.717) is 25.0 Å². The van der Waals surface area contributed by atoms with Gasteiger partial charge in [-0.15, -0.1) is 0 Å². The molecule has 1 aliphatic heterocycles. The van der Waals surface area contributed by atoms with Crippen molar-refractivity contribution in [1.82, 2.24) is 9.80 Å². The van der Waals surface area contributed by atoms with Gasteiger partial charge in [0.1, 0.15) is 5.60 Å². The largest absolute Gasteiger partial charge is 0.444 e. The SMILES string of the molecule is CC(C)[C@H](N)C(=O)N(CC1CCN(C(=O)OC(C)(C)C)CC1)C1CC1. The Balaban J connectivity index is 1.85. The third-order valence-electron chi connectivity index (χ3n) is 5.00. The average molecular weight is 354 g/mol. The third-order valence-corrected chi connectivity index (χ3v) is 5.00. The van der Waals surface area contributed by atoms with Gasteiger partial charge in [-0.05, 0) is 58.3 Å². The fraction of sp³-hybridized carbons (Fsp3) is 0.895. The van der Waals surface area contributed by atoms with Crippen molar-refractivity contribution in [3.63, 3.8) is 0 Å². The molecular formula is C19H35N3O3. The summed E-state index contributed by atoms with van der Waals surface area (Å²) in [6, 6.07) is -0.0383. The quantitative estimate of drug-likeness (QED) is 0.824. The van der Waals surface area contributed by atoms with Crippen LogP contribution in [0.1, 0.15) is 60.3 Å². The molecule has 6 nitrogen and oxygen atoms in total. The van der Waals surface area contributed by atoms with Crippen LogP contribution < -0.4 is 5.73 Å². The maximum Gasteiger partial charge on any atom is 0.410 e. The van der Waals surface area contributed by atoms with Gasteiger partial charge in [0.25, 0.3) is 0 Å². The molecule has 0 aromatic carbocycles. The minimum atomic E-state index is -0.462. The molecule has 2 rings (SSSR count). The molecule has 0 unspecified atom stereocenters. The highest BCUT2D eigenvalue weighted by molar-refractivity contribution is 5.82. The van der Waals surface area contributed by atoms with E-state index in [9.17, 15) is 9.59 Å². The first kappa shape index (κ1) is 20.0. The number of piperidine rings is 1. The monoisotopic (exact) mass is 353 g/mol. The molecule has 0 spiro atoms. The van der Waals surface area contributed by atoms with Crippen LogP contribution in [0.15, 0.2) is 0 Å². The van der Waals surface area contributed by atoms with Crippen molar-refractivity contribution >= 4 is 12.0 Å². The Labute approximate surface area is 152 Å². The zero-order chi connectivity index (χ0) is 18.8. The van der Waals surface area contributed by atoms with Crippen LogP contribution in [-0.2, 0) is 9.53 Å². The molecule has 2 aliphatic rings. The number of ether oxygens (including phenoxy) is 1. The van der Waals surface area contributed by atoms with Gasteiger partial charge in [0.05, 0.1) is 6.04 Å². The molecule has 1 atom stereocenters. The number of nitrogens with two attached hydrogens (primary N) is 1. The second kappa shape index (κ2) is 7.94. The molecule has 144 valence electrons. The Morgan fingerprint density at radius 3 is 2.16 bits per heavy atom. The Morgan fingerprint density at radius 2 is 1.72 bits per heavy atom. The van der Waals surface area contributed by atoms with Gasteiger partial charge in [0.15, 0.2) is 0 Å². The maximum atomic E-state index is 12.7. The maximum absolute atomic E-state index is 12.7. The Morgan fingerprint density at radius 1 is 1.16 bits per heavy atom. The van der Waals surface area contributed by atoms with Crippen LogP contribution in [0.25, 0.3) is 0 Å². The van der Waals surface area contributed by atoms with E-state index < -0.39 is 11.6 Å². The van der Waals surface area contributed by atoms with Crippen molar-refractivity contribution in [3.05, 3.63) is 0 Å². The van der Waals surface area contributed by atoms with Gasteiger partial charge in [0, 0.05) is 25.7 Å². The molecule has 1 heterocycles. The summed E-state index contributed by atoms with van der Waals surface area (Å²) in [5, 5.41) is 0. The predicted molar refractivity (Wildman–Crippen MR) is 98.1 cm³/mol. The zero-order valence-corrected chi connectivity index (χ0v) is 16.5. The molecule has 1 aliphatic carbocycles. The Hall–Kier alpha value is -1.30. The second-order valence-electron chi connectivity index (χ2n) is 8.90. The molecule has 0 aromatic rings. The van der Waals surface area contributed by atoms with E-state index in [0.717, 1.165) is 32.2 Å². The first-order chi connectivity index (χ1) is 11.6. The zero-order valence-electron chi connectivity index (χ0n) is 16.5. The number of nitrogens with zero attached hydrogens (tertiary/aromatic N) is 2. The predicted octanol–water partition coefficient (Wildman–Crippen LogP) is 2.61. The van der Waals surface area contributed by atoms with Gasteiger partial charge >= 0.3 is 6.09 Å². The molecule has 1 saturated heterocycles. The molecule has 1 saturated carbocycles. The molecule has 6 heteroatoms. The number of hydrogen-bond donors (Lipinski definition) is 1. The van der Waals surface area contributed by atoms with E-state index in [-0.39, 0.29) is 17.9 Å². The number of hydrogen-bond acceptors (Lipinski definition) is 4. The number of amides is 2. The molecule has 0 radical (unpaired) electrons. The summed E-state index contributed by atoms with van der Waals surface area (Å²) in [6.45, 7) is 11.8. The second-order valence-corrected chi connectivity index (χ2v) is 8.90. The highest BCUT2D eigenvalue weighted by Gasteiger charge is 2.37. The van der Waals surface area contributed by atoms with Gasteiger partial charge in [-0.25, -0.2) is 4.79 Å². The van der Waals surface area contributed by atoms with Crippen molar-refractivity contribution in [2.75, 3.05) is 19.6 Å². The van der Waals surface area contributed by atoms with Crippen molar-refractivity contribution < 1.29 is 14.3 Å². The standard InChI is InChI=1S/C19H35N3O3/c1-13(2)16(20)17(23)22(15-6-7-15)12-14-8-10-21(11-9-14)18(24)25-19(3,4)5/h13-16H,6-12,20H2,1-5H3/t16-/m0/s1. The van der Waals surface area contributed by atoms with Gasteiger partial charge < -0.3 is 20.3 Å². The Bertz CT molecular complexity index is 475. The summed E-state index contributed by atoms with van der Waals surface area (Å²) in [5.41, 5.74) is 5.63. The van der Waals surface area contributed by atoms with Crippen LogP contribution in [0.4, 0.5) is 4.79 Å². The fourth-order valence-electron chi connectivity index (χ4n) is 3.18. The van der Waals surface area contributed by atoms with Crippen molar-refractivity contribution in [2.24, 2.45) is 17.6 Å². The molecule has 2 N–H and O–H groups in total. The molecule has 0 aromatic heterocycles. The molecule has 0 bridgehead atoms.